The molecular weight excluding hydrogens is 464 g/mol. The first-order valence-corrected chi connectivity index (χ1v) is 11.0. The maximum atomic E-state index is 13.1. The summed E-state index contributed by atoms with van der Waals surface area (Å²) >= 11 is 0. The molecule has 0 aliphatic carbocycles. The first-order valence-electron chi connectivity index (χ1n) is 11.0. The highest BCUT2D eigenvalue weighted by atomic mass is 16.5. The summed E-state index contributed by atoms with van der Waals surface area (Å²) in [6.07, 6.45) is 1.34. The minimum absolute atomic E-state index is 0.0977. The summed E-state index contributed by atoms with van der Waals surface area (Å²) in [6.45, 7) is 2.51. The lowest BCUT2D eigenvalue weighted by Crippen LogP contribution is -2.54. The summed E-state index contributed by atoms with van der Waals surface area (Å²) in [4.78, 5) is 49.7. The molecule has 9 nitrogen and oxygen atoms in total. The molecule has 0 radical (unpaired) electrons. The van der Waals surface area contributed by atoms with Gasteiger partial charge in [-0.1, -0.05) is 48.5 Å². The minimum Gasteiger partial charge on any atom is -0.545 e. The van der Waals surface area contributed by atoms with Crippen LogP contribution in [0.3, 0.4) is 0 Å². The van der Waals surface area contributed by atoms with Gasteiger partial charge in [0.2, 0.25) is 0 Å². The van der Waals surface area contributed by atoms with Crippen LogP contribution in [-0.4, -0.2) is 30.4 Å². The average Bonchev–Trinajstić information content (AvgIpc) is 2.87. The summed E-state index contributed by atoms with van der Waals surface area (Å²) in [5.41, 5.74) is 1.16. The zero-order valence-electron chi connectivity index (χ0n) is 19.2. The number of nitrogens with zero attached hydrogens (tertiary/aromatic N) is 1. The second-order valence-electron chi connectivity index (χ2n) is 7.71. The molecule has 0 spiro atoms. The Morgan fingerprint density at radius 3 is 2.33 bits per heavy atom. The maximum Gasteiger partial charge on any atom is 0.335 e. The van der Waals surface area contributed by atoms with Crippen LogP contribution in [0.15, 0.2) is 78.4 Å². The van der Waals surface area contributed by atoms with Gasteiger partial charge in [-0.2, -0.15) is 0 Å². The molecule has 1 heterocycles. The molecule has 182 valence electrons. The number of hydrogen-bond acceptors (Lipinski definition) is 7. The molecule has 1 saturated heterocycles. The van der Waals surface area contributed by atoms with Crippen LogP contribution in [0.25, 0.3) is 6.08 Å². The van der Waals surface area contributed by atoms with Gasteiger partial charge in [0.05, 0.1) is 18.3 Å². The number of carboxylic acid groups (broad SMARTS) is 1. The molecule has 4 rings (SSSR count). The number of carboxylic acids is 1. The Balaban J connectivity index is 1.61. The lowest BCUT2D eigenvalue weighted by molar-refractivity contribution is -0.255. The van der Waals surface area contributed by atoms with Crippen molar-refractivity contribution in [3.05, 3.63) is 95.1 Å². The number of carbonyl (C=O) groups is 4. The van der Waals surface area contributed by atoms with E-state index in [4.69, 9.17) is 9.47 Å². The third-order valence-corrected chi connectivity index (χ3v) is 5.28. The summed E-state index contributed by atoms with van der Waals surface area (Å²) in [7, 11) is 0. The smallest absolute Gasteiger partial charge is 0.335 e. The lowest BCUT2D eigenvalue weighted by Gasteiger charge is -2.26. The normalized spacial score (nSPS) is 14.5. The van der Waals surface area contributed by atoms with E-state index in [0.29, 0.717) is 30.3 Å². The van der Waals surface area contributed by atoms with Gasteiger partial charge in [-0.05, 0) is 54.0 Å². The minimum atomic E-state index is -1.40. The Morgan fingerprint density at radius 2 is 1.67 bits per heavy atom. The fraction of sp³-hybridized carbons (Fsp3) is 0.111. The number of amides is 4. The van der Waals surface area contributed by atoms with E-state index in [2.05, 4.69) is 5.32 Å². The molecule has 9 heteroatoms. The molecule has 0 saturated carbocycles. The van der Waals surface area contributed by atoms with Crippen molar-refractivity contribution in [2.45, 2.75) is 13.5 Å². The van der Waals surface area contributed by atoms with Crippen LogP contribution in [0, 0.1) is 0 Å². The molecule has 0 unspecified atom stereocenters. The number of anilines is 1. The number of nitrogens with one attached hydrogen (secondary N) is 1. The third-order valence-electron chi connectivity index (χ3n) is 5.28. The Morgan fingerprint density at radius 1 is 0.944 bits per heavy atom. The SMILES string of the molecule is CCOc1cc(/C=C2/C(=O)NC(=O)N(c3ccc(C(=O)[O-])cc3)C2=O)ccc1OCc1ccccc1. The van der Waals surface area contributed by atoms with Gasteiger partial charge in [0.25, 0.3) is 11.8 Å². The molecule has 1 N–H and O–H groups in total. The van der Waals surface area contributed by atoms with Crippen LogP contribution in [0.2, 0.25) is 0 Å². The Labute approximate surface area is 206 Å². The number of carbonyl (C=O) groups excluding carboxylic acids is 4. The number of benzene rings is 3. The van der Waals surface area contributed by atoms with Gasteiger partial charge in [-0.15, -0.1) is 0 Å². The Hall–Kier alpha value is -4.92. The first kappa shape index (κ1) is 24.2. The van der Waals surface area contributed by atoms with Crippen molar-refractivity contribution < 1.29 is 33.8 Å². The van der Waals surface area contributed by atoms with Gasteiger partial charge in [-0.25, -0.2) is 9.69 Å². The highest BCUT2D eigenvalue weighted by Crippen LogP contribution is 2.31. The summed E-state index contributed by atoms with van der Waals surface area (Å²) in [5.74, 6) is -2.18. The first-order chi connectivity index (χ1) is 17.4. The van der Waals surface area contributed by atoms with Crippen molar-refractivity contribution in [1.82, 2.24) is 5.32 Å². The van der Waals surface area contributed by atoms with Crippen molar-refractivity contribution in [3.8, 4) is 11.5 Å². The van der Waals surface area contributed by atoms with Gasteiger partial charge in [0.1, 0.15) is 12.2 Å². The van der Waals surface area contributed by atoms with E-state index in [0.717, 1.165) is 10.5 Å². The number of ether oxygens (including phenoxy) is 2. The van der Waals surface area contributed by atoms with Crippen LogP contribution < -0.4 is 24.8 Å². The summed E-state index contributed by atoms with van der Waals surface area (Å²) in [6, 6.07) is 18.6. The molecule has 3 aromatic carbocycles. The molecule has 3 aromatic rings. The van der Waals surface area contributed by atoms with Crippen molar-refractivity contribution in [1.29, 1.82) is 0 Å². The Bertz CT molecular complexity index is 1350. The predicted molar refractivity (Wildman–Crippen MR) is 128 cm³/mol. The second kappa shape index (κ2) is 10.6. The van der Waals surface area contributed by atoms with Crippen molar-refractivity contribution in [3.63, 3.8) is 0 Å². The van der Waals surface area contributed by atoms with Gasteiger partial charge >= 0.3 is 6.03 Å². The third kappa shape index (κ3) is 5.25. The van der Waals surface area contributed by atoms with Crippen LogP contribution in [0.4, 0.5) is 10.5 Å². The number of hydrogen-bond donors (Lipinski definition) is 1. The summed E-state index contributed by atoms with van der Waals surface area (Å²) in [5, 5.41) is 13.1. The van der Waals surface area contributed by atoms with Crippen molar-refractivity contribution in [2.75, 3.05) is 11.5 Å². The van der Waals surface area contributed by atoms with Crippen LogP contribution in [0.5, 0.6) is 11.5 Å². The number of rotatable bonds is 8. The fourth-order valence-corrected chi connectivity index (χ4v) is 3.54. The maximum absolute atomic E-state index is 13.1. The van der Waals surface area contributed by atoms with Gasteiger partial charge < -0.3 is 19.4 Å². The van der Waals surface area contributed by atoms with Gasteiger partial charge in [0.15, 0.2) is 11.5 Å². The highest BCUT2D eigenvalue weighted by molar-refractivity contribution is 6.39. The number of imide groups is 2. The zero-order chi connectivity index (χ0) is 25.7. The van der Waals surface area contributed by atoms with E-state index in [1.807, 2.05) is 37.3 Å². The molecule has 1 aliphatic heterocycles. The van der Waals surface area contributed by atoms with E-state index >= 15 is 0 Å². The molecule has 0 atom stereocenters. The van der Waals surface area contributed by atoms with Crippen molar-refractivity contribution >= 4 is 35.6 Å². The van der Waals surface area contributed by atoms with Crippen LogP contribution in [0.1, 0.15) is 28.4 Å². The molecule has 4 amide bonds. The summed E-state index contributed by atoms with van der Waals surface area (Å²) < 4.78 is 11.6. The molecule has 36 heavy (non-hydrogen) atoms. The lowest BCUT2D eigenvalue weighted by atomic mass is 10.1. The van der Waals surface area contributed by atoms with Crippen LogP contribution in [-0.2, 0) is 16.2 Å². The van der Waals surface area contributed by atoms with Gasteiger partial charge in [-0.3, -0.25) is 14.9 Å². The Kier molecular flexibility index (Phi) is 7.10. The zero-order valence-corrected chi connectivity index (χ0v) is 19.2. The molecule has 1 fully saturated rings. The van der Waals surface area contributed by atoms with E-state index in [-0.39, 0.29) is 16.8 Å². The topological polar surface area (TPSA) is 125 Å². The molecule has 0 bridgehead atoms. The molecular formula is C27H21N2O7-. The average molecular weight is 485 g/mol. The van der Waals surface area contributed by atoms with Crippen LogP contribution >= 0.6 is 0 Å². The number of barbiturate groups is 1. The van der Waals surface area contributed by atoms with E-state index < -0.39 is 23.8 Å². The number of aromatic carboxylic acids is 1. The van der Waals surface area contributed by atoms with Crippen molar-refractivity contribution in [2.24, 2.45) is 0 Å². The highest BCUT2D eigenvalue weighted by Gasteiger charge is 2.36. The molecule has 1 aliphatic rings. The van der Waals surface area contributed by atoms with E-state index in [9.17, 15) is 24.3 Å². The quantitative estimate of drug-likeness (QED) is 0.384. The largest absolute Gasteiger partial charge is 0.545 e. The fourth-order valence-electron chi connectivity index (χ4n) is 3.54. The van der Waals surface area contributed by atoms with E-state index in [1.165, 1.54) is 30.3 Å². The predicted octanol–water partition coefficient (Wildman–Crippen LogP) is 2.69. The molecule has 0 aromatic heterocycles. The standard InChI is InChI=1S/C27H22N2O7/c1-2-35-23-15-18(8-13-22(23)36-16-17-6-4-3-5-7-17)14-21-24(30)28-27(34)29(25(21)31)20-11-9-19(10-12-20)26(32)33/h3-15H,2,16H2,1H3,(H,32,33)(H,28,30,34)/p-1/b21-14-. The second-order valence-corrected chi connectivity index (χ2v) is 7.71. The van der Waals surface area contributed by atoms with Gasteiger partial charge in [0, 0.05) is 0 Å². The van der Waals surface area contributed by atoms with E-state index in [1.54, 1.807) is 18.2 Å². The monoisotopic (exact) mass is 485 g/mol. The number of urea groups is 1.